The van der Waals surface area contributed by atoms with E-state index in [1.54, 1.807) is 13.0 Å². The molecule has 3 nitrogen and oxygen atoms in total. The van der Waals surface area contributed by atoms with E-state index in [0.29, 0.717) is 12.0 Å². The molecule has 1 heterocycles. The number of halogens is 1. The molecule has 110 valence electrons. The highest BCUT2D eigenvalue weighted by molar-refractivity contribution is 5.76. The Kier molecular flexibility index (Phi) is 5.12. The second-order valence-electron chi connectivity index (χ2n) is 5.47. The lowest BCUT2D eigenvalue weighted by atomic mass is 10.1. The Labute approximate surface area is 119 Å². The van der Waals surface area contributed by atoms with Crippen molar-refractivity contribution in [1.29, 1.82) is 0 Å². The van der Waals surface area contributed by atoms with Crippen LogP contribution in [-0.4, -0.2) is 18.6 Å². The Balaban J connectivity index is 1.81. The van der Waals surface area contributed by atoms with Crippen molar-refractivity contribution in [1.82, 2.24) is 5.32 Å². The molecule has 4 heteroatoms. The number of hydrogen-bond donors (Lipinski definition) is 1. The topological polar surface area (TPSA) is 38.3 Å². The zero-order valence-electron chi connectivity index (χ0n) is 12.1. The van der Waals surface area contributed by atoms with E-state index in [1.165, 1.54) is 6.07 Å². The van der Waals surface area contributed by atoms with Gasteiger partial charge in [-0.2, -0.15) is 0 Å². The van der Waals surface area contributed by atoms with Crippen LogP contribution in [0.2, 0.25) is 0 Å². The molecule has 0 aliphatic carbocycles. The minimum Gasteiger partial charge on any atom is -0.378 e. The molecule has 1 saturated heterocycles. The molecule has 0 unspecified atom stereocenters. The van der Waals surface area contributed by atoms with Crippen molar-refractivity contribution < 1.29 is 13.9 Å². The minimum atomic E-state index is -0.233. The van der Waals surface area contributed by atoms with Gasteiger partial charge in [0.2, 0.25) is 5.91 Å². The Morgan fingerprint density at radius 3 is 3.00 bits per heavy atom. The van der Waals surface area contributed by atoms with E-state index in [4.69, 9.17) is 4.74 Å². The summed E-state index contributed by atoms with van der Waals surface area (Å²) in [6, 6.07) is 4.89. The number of amides is 1. The molecule has 0 bridgehead atoms. The standard InChI is InChI=1S/C16H22FNO2/c1-11-5-6-13(10-15(11)17)12(2)18-16(19)8-7-14-4-3-9-20-14/h5-6,10,12,14H,3-4,7-9H2,1-2H3,(H,18,19)/t12-,14+/m1/s1. The second kappa shape index (κ2) is 6.84. The van der Waals surface area contributed by atoms with Crippen LogP contribution in [0.4, 0.5) is 4.39 Å². The summed E-state index contributed by atoms with van der Waals surface area (Å²) in [6.07, 6.45) is 3.59. The molecule has 20 heavy (non-hydrogen) atoms. The van der Waals surface area contributed by atoms with Crippen molar-refractivity contribution in [2.24, 2.45) is 0 Å². The van der Waals surface area contributed by atoms with Crippen molar-refractivity contribution in [3.63, 3.8) is 0 Å². The smallest absolute Gasteiger partial charge is 0.220 e. The fraction of sp³-hybridized carbons (Fsp3) is 0.562. The van der Waals surface area contributed by atoms with Gasteiger partial charge in [0, 0.05) is 13.0 Å². The highest BCUT2D eigenvalue weighted by Crippen LogP contribution is 2.18. The number of benzene rings is 1. The van der Waals surface area contributed by atoms with E-state index in [2.05, 4.69) is 5.32 Å². The Morgan fingerprint density at radius 1 is 1.55 bits per heavy atom. The quantitative estimate of drug-likeness (QED) is 0.898. The maximum Gasteiger partial charge on any atom is 0.220 e. The molecule has 2 atom stereocenters. The number of carbonyl (C=O) groups excluding carboxylic acids is 1. The monoisotopic (exact) mass is 279 g/mol. The zero-order chi connectivity index (χ0) is 14.5. The van der Waals surface area contributed by atoms with E-state index in [-0.39, 0.29) is 23.9 Å². The molecule has 1 aliphatic heterocycles. The first kappa shape index (κ1) is 15.0. The number of carbonyl (C=O) groups is 1. The summed E-state index contributed by atoms with van der Waals surface area (Å²) in [7, 11) is 0. The summed E-state index contributed by atoms with van der Waals surface area (Å²) < 4.78 is 19.0. The third-order valence-corrected chi connectivity index (χ3v) is 3.79. The van der Waals surface area contributed by atoms with Gasteiger partial charge in [0.25, 0.3) is 0 Å². The average molecular weight is 279 g/mol. The van der Waals surface area contributed by atoms with Gasteiger partial charge >= 0.3 is 0 Å². The molecular weight excluding hydrogens is 257 g/mol. The molecule has 1 amide bonds. The summed E-state index contributed by atoms with van der Waals surface area (Å²) in [4.78, 5) is 11.9. The maximum absolute atomic E-state index is 13.5. The van der Waals surface area contributed by atoms with Crippen LogP contribution in [0, 0.1) is 12.7 Å². The molecule has 0 radical (unpaired) electrons. The van der Waals surface area contributed by atoms with Gasteiger partial charge in [-0.05, 0) is 50.3 Å². The highest BCUT2D eigenvalue weighted by Gasteiger charge is 2.17. The minimum absolute atomic E-state index is 0.00557. The number of nitrogens with one attached hydrogen (secondary N) is 1. The van der Waals surface area contributed by atoms with Crippen LogP contribution in [0.15, 0.2) is 18.2 Å². The van der Waals surface area contributed by atoms with Crippen LogP contribution in [0.5, 0.6) is 0 Å². The SMILES string of the molecule is Cc1ccc([C@@H](C)NC(=O)CC[C@@H]2CCCO2)cc1F. The highest BCUT2D eigenvalue weighted by atomic mass is 19.1. The Bertz CT molecular complexity index is 470. The second-order valence-corrected chi connectivity index (χ2v) is 5.47. The predicted octanol–water partition coefficient (Wildman–Crippen LogP) is 3.27. The molecule has 0 saturated carbocycles. The number of rotatable bonds is 5. The summed E-state index contributed by atoms with van der Waals surface area (Å²) in [6.45, 7) is 4.41. The lowest BCUT2D eigenvalue weighted by Crippen LogP contribution is -2.27. The zero-order valence-corrected chi connectivity index (χ0v) is 12.1. The third-order valence-electron chi connectivity index (χ3n) is 3.79. The fourth-order valence-corrected chi connectivity index (χ4v) is 2.44. The molecule has 1 N–H and O–H groups in total. The summed E-state index contributed by atoms with van der Waals surface area (Å²) in [5.74, 6) is -0.239. The molecule has 0 spiro atoms. The molecule has 1 aliphatic rings. The average Bonchev–Trinajstić information content (AvgIpc) is 2.92. The number of hydrogen-bond acceptors (Lipinski definition) is 2. The van der Waals surface area contributed by atoms with E-state index in [0.717, 1.165) is 31.4 Å². The van der Waals surface area contributed by atoms with Gasteiger partial charge in [-0.25, -0.2) is 4.39 Å². The molecule has 1 fully saturated rings. The largest absolute Gasteiger partial charge is 0.378 e. The first-order valence-corrected chi connectivity index (χ1v) is 7.23. The maximum atomic E-state index is 13.5. The first-order chi connectivity index (χ1) is 9.56. The summed E-state index contributed by atoms with van der Waals surface area (Å²) in [5.41, 5.74) is 1.41. The number of aryl methyl sites for hydroxylation is 1. The van der Waals surface area contributed by atoms with Crippen LogP contribution in [-0.2, 0) is 9.53 Å². The Hall–Kier alpha value is -1.42. The van der Waals surface area contributed by atoms with E-state index >= 15 is 0 Å². The molecule has 0 aromatic heterocycles. The third kappa shape index (κ3) is 4.04. The Morgan fingerprint density at radius 2 is 2.35 bits per heavy atom. The molecule has 2 rings (SSSR count). The van der Waals surface area contributed by atoms with Crippen LogP contribution < -0.4 is 5.32 Å². The van der Waals surface area contributed by atoms with Gasteiger partial charge in [-0.1, -0.05) is 12.1 Å². The van der Waals surface area contributed by atoms with Gasteiger partial charge in [-0.15, -0.1) is 0 Å². The fourth-order valence-electron chi connectivity index (χ4n) is 2.44. The molecule has 1 aromatic rings. The van der Waals surface area contributed by atoms with Crippen molar-refractivity contribution in [2.75, 3.05) is 6.61 Å². The first-order valence-electron chi connectivity index (χ1n) is 7.23. The van der Waals surface area contributed by atoms with Crippen LogP contribution in [0.25, 0.3) is 0 Å². The van der Waals surface area contributed by atoms with Gasteiger partial charge in [0.15, 0.2) is 0 Å². The van der Waals surface area contributed by atoms with Crippen LogP contribution in [0.1, 0.15) is 49.8 Å². The molecule has 1 aromatic carbocycles. The van der Waals surface area contributed by atoms with E-state index < -0.39 is 0 Å². The van der Waals surface area contributed by atoms with Gasteiger partial charge in [-0.3, -0.25) is 4.79 Å². The normalized spacial score (nSPS) is 19.9. The van der Waals surface area contributed by atoms with Gasteiger partial charge in [0.1, 0.15) is 5.82 Å². The van der Waals surface area contributed by atoms with Crippen molar-refractivity contribution >= 4 is 5.91 Å². The predicted molar refractivity (Wildman–Crippen MR) is 75.9 cm³/mol. The van der Waals surface area contributed by atoms with Crippen molar-refractivity contribution in [3.8, 4) is 0 Å². The van der Waals surface area contributed by atoms with Crippen molar-refractivity contribution in [2.45, 2.75) is 51.7 Å². The molecular formula is C16H22FNO2. The lowest BCUT2D eigenvalue weighted by Gasteiger charge is -2.16. The van der Waals surface area contributed by atoms with Crippen LogP contribution >= 0.6 is 0 Å². The lowest BCUT2D eigenvalue weighted by molar-refractivity contribution is -0.122. The van der Waals surface area contributed by atoms with Gasteiger partial charge < -0.3 is 10.1 Å². The van der Waals surface area contributed by atoms with E-state index in [1.807, 2.05) is 13.0 Å². The van der Waals surface area contributed by atoms with Crippen molar-refractivity contribution in [3.05, 3.63) is 35.1 Å². The number of ether oxygens (including phenoxy) is 1. The van der Waals surface area contributed by atoms with E-state index in [9.17, 15) is 9.18 Å². The van der Waals surface area contributed by atoms with Gasteiger partial charge in [0.05, 0.1) is 12.1 Å². The summed E-state index contributed by atoms with van der Waals surface area (Å²) >= 11 is 0. The summed E-state index contributed by atoms with van der Waals surface area (Å²) in [5, 5.41) is 2.91. The van der Waals surface area contributed by atoms with Crippen LogP contribution in [0.3, 0.4) is 0 Å².